The quantitative estimate of drug-likeness (QED) is 0.636. The zero-order valence-electron chi connectivity index (χ0n) is 12.0. The normalized spacial score (nSPS) is 10.7. The second-order valence-electron chi connectivity index (χ2n) is 4.56. The van der Waals surface area contributed by atoms with Gasteiger partial charge in [0.2, 0.25) is 0 Å². The van der Waals surface area contributed by atoms with Crippen LogP contribution in [0.5, 0.6) is 5.75 Å². The van der Waals surface area contributed by atoms with E-state index in [-0.39, 0.29) is 12.2 Å². The fraction of sp³-hybridized carbons (Fsp3) is 0.133. The summed E-state index contributed by atoms with van der Waals surface area (Å²) in [6.07, 6.45) is 1.65. The van der Waals surface area contributed by atoms with Crippen LogP contribution in [0.1, 0.15) is 16.1 Å². The van der Waals surface area contributed by atoms with Gasteiger partial charge in [-0.25, -0.2) is 9.78 Å². The highest BCUT2D eigenvalue weighted by molar-refractivity contribution is 9.10. The maximum absolute atomic E-state index is 12.2. The number of rotatable bonds is 4. The van der Waals surface area contributed by atoms with Gasteiger partial charge >= 0.3 is 5.97 Å². The van der Waals surface area contributed by atoms with Gasteiger partial charge in [0, 0.05) is 22.1 Å². The van der Waals surface area contributed by atoms with E-state index >= 15 is 0 Å². The van der Waals surface area contributed by atoms with Crippen LogP contribution in [0.3, 0.4) is 0 Å². The van der Waals surface area contributed by atoms with Crippen LogP contribution in [0.15, 0.2) is 45.1 Å². The van der Waals surface area contributed by atoms with Gasteiger partial charge in [-0.15, -0.1) is 11.3 Å². The van der Waals surface area contributed by atoms with Crippen molar-refractivity contribution >= 4 is 38.2 Å². The number of carbonyl (C=O) groups excluding carboxylic acids is 1. The van der Waals surface area contributed by atoms with Gasteiger partial charge in [-0.3, -0.25) is 9.20 Å². The number of carbonyl (C=O) groups is 1. The van der Waals surface area contributed by atoms with Crippen LogP contribution < -0.4 is 10.3 Å². The molecule has 0 aliphatic heterocycles. The minimum atomic E-state index is -0.524. The van der Waals surface area contributed by atoms with Crippen molar-refractivity contribution in [2.24, 2.45) is 0 Å². The molecule has 118 valence electrons. The zero-order chi connectivity index (χ0) is 16.4. The molecule has 0 bridgehead atoms. The first-order chi connectivity index (χ1) is 11.1. The minimum absolute atomic E-state index is 0.0773. The highest BCUT2D eigenvalue weighted by atomic mass is 79.9. The van der Waals surface area contributed by atoms with Crippen molar-refractivity contribution in [3.05, 3.63) is 61.9 Å². The number of hydrogen-bond donors (Lipinski definition) is 0. The largest absolute Gasteiger partial charge is 0.497 e. The van der Waals surface area contributed by atoms with Crippen molar-refractivity contribution in [1.29, 1.82) is 0 Å². The van der Waals surface area contributed by atoms with E-state index < -0.39 is 5.97 Å². The molecule has 1 aromatic carbocycles. The van der Waals surface area contributed by atoms with E-state index in [0.717, 1.165) is 0 Å². The average molecular weight is 395 g/mol. The Bertz CT molecular complexity index is 935. The molecule has 0 N–H and O–H groups in total. The van der Waals surface area contributed by atoms with Crippen LogP contribution in [-0.2, 0) is 11.3 Å². The number of methoxy groups -OCH3 is 1. The highest BCUT2D eigenvalue weighted by Crippen LogP contribution is 2.23. The lowest BCUT2D eigenvalue weighted by molar-refractivity contribution is 0.0466. The number of thiazole rings is 1. The Morgan fingerprint density at radius 3 is 3.00 bits per heavy atom. The monoisotopic (exact) mass is 394 g/mol. The molecule has 6 nitrogen and oxygen atoms in total. The second kappa shape index (κ2) is 6.51. The van der Waals surface area contributed by atoms with Crippen LogP contribution in [0, 0.1) is 0 Å². The smallest absolute Gasteiger partial charge is 0.339 e. The first-order valence-electron chi connectivity index (χ1n) is 6.55. The average Bonchev–Trinajstić information content (AvgIpc) is 3.02. The fourth-order valence-electron chi connectivity index (χ4n) is 1.97. The molecule has 0 unspecified atom stereocenters. The van der Waals surface area contributed by atoms with E-state index in [1.54, 1.807) is 29.8 Å². The van der Waals surface area contributed by atoms with Crippen LogP contribution in [0.25, 0.3) is 4.96 Å². The van der Waals surface area contributed by atoms with Crippen molar-refractivity contribution in [2.45, 2.75) is 6.61 Å². The van der Waals surface area contributed by atoms with Crippen LogP contribution in [-0.4, -0.2) is 22.5 Å². The van der Waals surface area contributed by atoms with Gasteiger partial charge in [0.1, 0.15) is 12.4 Å². The van der Waals surface area contributed by atoms with Crippen molar-refractivity contribution in [3.8, 4) is 5.75 Å². The molecule has 2 heterocycles. The number of esters is 1. The van der Waals surface area contributed by atoms with E-state index in [2.05, 4.69) is 20.9 Å². The topological polar surface area (TPSA) is 69.9 Å². The molecule has 0 saturated carbocycles. The summed E-state index contributed by atoms with van der Waals surface area (Å²) in [5, 5.41) is 1.77. The molecule has 0 spiro atoms. The van der Waals surface area contributed by atoms with E-state index in [9.17, 15) is 9.59 Å². The molecular weight excluding hydrogens is 384 g/mol. The fourth-order valence-corrected chi connectivity index (χ4v) is 3.11. The van der Waals surface area contributed by atoms with E-state index in [4.69, 9.17) is 9.47 Å². The number of hydrogen-bond acceptors (Lipinski definition) is 6. The molecule has 3 rings (SSSR count). The third-order valence-electron chi connectivity index (χ3n) is 3.10. The summed E-state index contributed by atoms with van der Waals surface area (Å²) in [5.41, 5.74) is 0.549. The number of halogens is 1. The first-order valence-corrected chi connectivity index (χ1v) is 8.22. The summed E-state index contributed by atoms with van der Waals surface area (Å²) >= 11 is 4.64. The number of benzene rings is 1. The summed E-state index contributed by atoms with van der Waals surface area (Å²) in [6, 6.07) is 6.37. The lowest BCUT2D eigenvalue weighted by atomic mass is 10.2. The summed E-state index contributed by atoms with van der Waals surface area (Å²) < 4.78 is 12.4. The van der Waals surface area contributed by atoms with Gasteiger partial charge in [0.05, 0.1) is 18.4 Å². The molecule has 0 aliphatic rings. The third kappa shape index (κ3) is 3.27. The van der Waals surface area contributed by atoms with Gasteiger partial charge in [-0.05, 0) is 34.1 Å². The number of ether oxygens (including phenoxy) is 2. The highest BCUT2D eigenvalue weighted by Gasteiger charge is 2.14. The van der Waals surface area contributed by atoms with Crippen molar-refractivity contribution < 1.29 is 14.3 Å². The van der Waals surface area contributed by atoms with E-state index in [1.807, 2.05) is 0 Å². The van der Waals surface area contributed by atoms with Crippen molar-refractivity contribution in [2.75, 3.05) is 7.11 Å². The molecular formula is C15H11BrN2O4S. The standard InChI is InChI=1S/C15H11BrN2O4S/c1-21-10-2-3-12(16)11(7-10)14(20)22-8-9-6-13(19)18-4-5-23-15(18)17-9/h2-7H,8H2,1H3. The van der Waals surface area contributed by atoms with Gasteiger partial charge in [0.25, 0.3) is 5.56 Å². The molecule has 0 amide bonds. The molecule has 0 radical (unpaired) electrons. The second-order valence-corrected chi connectivity index (χ2v) is 6.29. The summed E-state index contributed by atoms with van der Waals surface area (Å²) in [7, 11) is 1.52. The first kappa shape index (κ1) is 15.7. The molecule has 8 heteroatoms. The van der Waals surface area contributed by atoms with Crippen LogP contribution in [0.4, 0.5) is 0 Å². The lowest BCUT2D eigenvalue weighted by Gasteiger charge is -2.08. The van der Waals surface area contributed by atoms with Gasteiger partial charge in [0.15, 0.2) is 4.96 Å². The predicted octanol–water partition coefficient (Wildman–Crippen LogP) is 2.88. The Hall–Kier alpha value is -2.19. The van der Waals surface area contributed by atoms with E-state index in [0.29, 0.717) is 26.4 Å². The molecule has 3 aromatic rings. The number of aromatic nitrogens is 2. The Morgan fingerprint density at radius 2 is 2.22 bits per heavy atom. The number of fused-ring (bicyclic) bond motifs is 1. The Balaban J connectivity index is 1.79. The van der Waals surface area contributed by atoms with Crippen LogP contribution in [0.2, 0.25) is 0 Å². The minimum Gasteiger partial charge on any atom is -0.497 e. The number of nitrogens with zero attached hydrogens (tertiary/aromatic N) is 2. The maximum atomic E-state index is 12.2. The van der Waals surface area contributed by atoms with E-state index in [1.165, 1.54) is 28.9 Å². The van der Waals surface area contributed by atoms with Crippen molar-refractivity contribution in [1.82, 2.24) is 9.38 Å². The zero-order valence-corrected chi connectivity index (χ0v) is 14.4. The predicted molar refractivity (Wildman–Crippen MR) is 89.2 cm³/mol. The van der Waals surface area contributed by atoms with Crippen molar-refractivity contribution in [3.63, 3.8) is 0 Å². The lowest BCUT2D eigenvalue weighted by Crippen LogP contribution is -2.14. The molecule has 0 atom stereocenters. The van der Waals surface area contributed by atoms with Gasteiger partial charge in [-0.2, -0.15) is 0 Å². The molecule has 0 aliphatic carbocycles. The summed E-state index contributed by atoms with van der Waals surface area (Å²) in [4.78, 5) is 28.9. The van der Waals surface area contributed by atoms with Crippen LogP contribution >= 0.6 is 27.3 Å². The van der Waals surface area contributed by atoms with Gasteiger partial charge < -0.3 is 9.47 Å². The summed E-state index contributed by atoms with van der Waals surface area (Å²) in [6.45, 7) is -0.0773. The SMILES string of the molecule is COc1ccc(Br)c(C(=O)OCc2cc(=O)n3ccsc3n2)c1. The third-order valence-corrected chi connectivity index (χ3v) is 4.55. The molecule has 0 fully saturated rings. The van der Waals surface area contributed by atoms with Gasteiger partial charge in [-0.1, -0.05) is 0 Å². The molecule has 2 aromatic heterocycles. The Morgan fingerprint density at radius 1 is 1.39 bits per heavy atom. The maximum Gasteiger partial charge on any atom is 0.339 e. The molecule has 23 heavy (non-hydrogen) atoms. The molecule has 0 saturated heterocycles. The summed E-state index contributed by atoms with van der Waals surface area (Å²) in [5.74, 6) is 0.0282. The Labute approximate surface area is 143 Å². The Kier molecular flexibility index (Phi) is 4.44.